The number of carbonyl (C=O) groups is 1. The van der Waals surface area contributed by atoms with Crippen LogP contribution in [0.15, 0.2) is 54.7 Å². The second kappa shape index (κ2) is 8.72. The smallest absolute Gasteiger partial charge is 0.337 e. The quantitative estimate of drug-likeness (QED) is 0.598. The number of nitrogens with one attached hydrogen (secondary N) is 2. The number of nitrogens with zero attached hydrogens (tertiary/aromatic N) is 2. The van der Waals surface area contributed by atoms with E-state index in [1.165, 1.54) is 7.11 Å². The molecule has 1 heterocycles. The lowest BCUT2D eigenvalue weighted by molar-refractivity contribution is 0.0601. The minimum absolute atomic E-state index is 0.375. The van der Waals surface area contributed by atoms with Gasteiger partial charge in [-0.2, -0.15) is 4.98 Å². The number of methoxy groups -OCH3 is 3. The van der Waals surface area contributed by atoms with Gasteiger partial charge >= 0.3 is 5.97 Å². The molecule has 8 nitrogen and oxygen atoms in total. The molecule has 0 saturated heterocycles. The zero-order chi connectivity index (χ0) is 19.9. The van der Waals surface area contributed by atoms with Crippen LogP contribution in [-0.4, -0.2) is 37.3 Å². The van der Waals surface area contributed by atoms with Crippen LogP contribution >= 0.6 is 0 Å². The molecule has 0 aliphatic rings. The van der Waals surface area contributed by atoms with Gasteiger partial charge in [-0.25, -0.2) is 9.78 Å². The Morgan fingerprint density at radius 3 is 2.57 bits per heavy atom. The van der Waals surface area contributed by atoms with Crippen molar-refractivity contribution in [2.45, 2.75) is 0 Å². The predicted octanol–water partition coefficient (Wildman–Crippen LogP) is 3.77. The first-order valence-electron chi connectivity index (χ1n) is 8.40. The number of benzene rings is 2. The standard InChI is InChI=1S/C20H20N4O4/c1-26-15-7-8-16(17(12-15)27-2)23-18-9-10-21-20(24-18)22-14-6-4-5-13(11-14)19(25)28-3/h4-12H,1-3H3,(H2,21,22,23,24). The highest BCUT2D eigenvalue weighted by atomic mass is 16.5. The van der Waals surface area contributed by atoms with Crippen LogP contribution < -0.4 is 20.1 Å². The zero-order valence-electron chi connectivity index (χ0n) is 15.7. The number of anilines is 4. The summed E-state index contributed by atoms with van der Waals surface area (Å²) in [5.41, 5.74) is 1.84. The molecule has 8 heteroatoms. The monoisotopic (exact) mass is 380 g/mol. The van der Waals surface area contributed by atoms with E-state index in [0.29, 0.717) is 34.5 Å². The van der Waals surface area contributed by atoms with E-state index in [0.717, 1.165) is 5.69 Å². The number of esters is 1. The van der Waals surface area contributed by atoms with Gasteiger partial charge in [-0.3, -0.25) is 0 Å². The summed E-state index contributed by atoms with van der Waals surface area (Å²) < 4.78 is 15.3. The van der Waals surface area contributed by atoms with Crippen molar-refractivity contribution in [3.05, 3.63) is 60.3 Å². The van der Waals surface area contributed by atoms with Gasteiger partial charge in [0.2, 0.25) is 5.95 Å². The Morgan fingerprint density at radius 1 is 0.964 bits per heavy atom. The normalized spacial score (nSPS) is 10.1. The summed E-state index contributed by atoms with van der Waals surface area (Å²) in [6, 6.07) is 14.1. The fourth-order valence-corrected chi connectivity index (χ4v) is 2.50. The van der Waals surface area contributed by atoms with Gasteiger partial charge in [0.15, 0.2) is 0 Å². The molecule has 28 heavy (non-hydrogen) atoms. The summed E-state index contributed by atoms with van der Waals surface area (Å²) in [5.74, 6) is 1.85. The molecule has 0 saturated carbocycles. The number of aromatic nitrogens is 2. The average Bonchev–Trinajstić information content (AvgIpc) is 2.74. The van der Waals surface area contributed by atoms with Gasteiger partial charge in [0, 0.05) is 18.0 Å². The van der Waals surface area contributed by atoms with Crippen LogP contribution in [0.3, 0.4) is 0 Å². The van der Waals surface area contributed by atoms with Gasteiger partial charge in [0.1, 0.15) is 17.3 Å². The molecule has 144 valence electrons. The lowest BCUT2D eigenvalue weighted by Crippen LogP contribution is -2.04. The molecule has 3 aromatic rings. The third-order valence-electron chi connectivity index (χ3n) is 3.87. The van der Waals surface area contributed by atoms with Gasteiger partial charge < -0.3 is 24.8 Å². The van der Waals surface area contributed by atoms with Crippen molar-refractivity contribution in [1.29, 1.82) is 0 Å². The number of hydrogen-bond donors (Lipinski definition) is 2. The third-order valence-corrected chi connectivity index (χ3v) is 3.87. The fourth-order valence-electron chi connectivity index (χ4n) is 2.50. The molecule has 1 aromatic heterocycles. The van der Waals surface area contributed by atoms with Crippen molar-refractivity contribution < 1.29 is 19.0 Å². The van der Waals surface area contributed by atoms with Crippen molar-refractivity contribution in [3.63, 3.8) is 0 Å². The summed E-state index contributed by atoms with van der Waals surface area (Å²) in [5, 5.41) is 6.27. The van der Waals surface area contributed by atoms with Crippen molar-refractivity contribution in [3.8, 4) is 11.5 Å². The molecule has 0 unspecified atom stereocenters. The topological polar surface area (TPSA) is 94.6 Å². The lowest BCUT2D eigenvalue weighted by Gasteiger charge is -2.13. The van der Waals surface area contributed by atoms with E-state index in [1.807, 2.05) is 18.2 Å². The van der Waals surface area contributed by atoms with Crippen molar-refractivity contribution in [2.24, 2.45) is 0 Å². The number of rotatable bonds is 7. The molecule has 0 radical (unpaired) electrons. The molecular formula is C20H20N4O4. The van der Waals surface area contributed by atoms with Crippen LogP contribution in [0.5, 0.6) is 11.5 Å². The lowest BCUT2D eigenvalue weighted by atomic mass is 10.2. The van der Waals surface area contributed by atoms with E-state index < -0.39 is 5.97 Å². The first-order valence-corrected chi connectivity index (χ1v) is 8.40. The van der Waals surface area contributed by atoms with E-state index in [4.69, 9.17) is 14.2 Å². The van der Waals surface area contributed by atoms with Crippen molar-refractivity contribution >= 4 is 29.1 Å². The molecule has 2 aromatic carbocycles. The van der Waals surface area contributed by atoms with E-state index in [9.17, 15) is 4.79 Å². The first-order chi connectivity index (χ1) is 13.6. The molecule has 0 aliphatic carbocycles. The van der Waals surface area contributed by atoms with E-state index >= 15 is 0 Å². The maximum absolute atomic E-state index is 11.7. The van der Waals surface area contributed by atoms with Gasteiger partial charge in [0.05, 0.1) is 32.6 Å². The molecule has 3 rings (SSSR count). The first kappa shape index (κ1) is 19.0. The molecule has 0 spiro atoms. The van der Waals surface area contributed by atoms with Crippen LogP contribution in [0, 0.1) is 0 Å². The zero-order valence-corrected chi connectivity index (χ0v) is 15.7. The second-order valence-electron chi connectivity index (χ2n) is 5.65. The Morgan fingerprint density at radius 2 is 1.82 bits per heavy atom. The van der Waals surface area contributed by atoms with Crippen LogP contribution in [0.1, 0.15) is 10.4 Å². The maximum atomic E-state index is 11.7. The SMILES string of the molecule is COC(=O)c1cccc(Nc2nccc(Nc3ccc(OC)cc3OC)n2)c1. The molecule has 2 N–H and O–H groups in total. The summed E-state index contributed by atoms with van der Waals surface area (Å²) >= 11 is 0. The predicted molar refractivity (Wildman–Crippen MR) is 106 cm³/mol. The number of hydrogen-bond acceptors (Lipinski definition) is 8. The second-order valence-corrected chi connectivity index (χ2v) is 5.65. The molecular weight excluding hydrogens is 360 g/mol. The van der Waals surface area contributed by atoms with Crippen molar-refractivity contribution in [1.82, 2.24) is 9.97 Å². The van der Waals surface area contributed by atoms with Gasteiger partial charge in [-0.05, 0) is 36.4 Å². The number of carbonyl (C=O) groups excluding carboxylic acids is 1. The fraction of sp³-hybridized carbons (Fsp3) is 0.150. The number of ether oxygens (including phenoxy) is 3. The van der Waals surface area contributed by atoms with Crippen LogP contribution in [-0.2, 0) is 4.74 Å². The van der Waals surface area contributed by atoms with Gasteiger partial charge in [-0.1, -0.05) is 6.07 Å². The minimum Gasteiger partial charge on any atom is -0.497 e. The molecule has 0 bridgehead atoms. The molecule has 0 amide bonds. The Kier molecular flexibility index (Phi) is 5.91. The van der Waals surface area contributed by atoms with Crippen molar-refractivity contribution in [2.75, 3.05) is 32.0 Å². The van der Waals surface area contributed by atoms with Crippen LogP contribution in [0.2, 0.25) is 0 Å². The van der Waals surface area contributed by atoms with E-state index in [-0.39, 0.29) is 0 Å². The van der Waals surface area contributed by atoms with Gasteiger partial charge in [0.25, 0.3) is 0 Å². The molecule has 0 aliphatic heterocycles. The highest BCUT2D eigenvalue weighted by Gasteiger charge is 2.09. The maximum Gasteiger partial charge on any atom is 0.337 e. The average molecular weight is 380 g/mol. The van der Waals surface area contributed by atoms with Crippen LogP contribution in [0.4, 0.5) is 23.1 Å². The summed E-state index contributed by atoms with van der Waals surface area (Å²) in [6.07, 6.45) is 1.62. The van der Waals surface area contributed by atoms with Crippen LogP contribution in [0.25, 0.3) is 0 Å². The third kappa shape index (κ3) is 4.47. The molecule has 0 fully saturated rings. The largest absolute Gasteiger partial charge is 0.497 e. The summed E-state index contributed by atoms with van der Waals surface area (Å²) in [4.78, 5) is 20.3. The van der Waals surface area contributed by atoms with E-state index in [2.05, 4.69) is 20.6 Å². The Hall–Kier alpha value is -3.81. The highest BCUT2D eigenvalue weighted by Crippen LogP contribution is 2.31. The van der Waals surface area contributed by atoms with E-state index in [1.54, 1.807) is 50.7 Å². The Labute approximate surface area is 162 Å². The summed E-state index contributed by atoms with van der Waals surface area (Å²) in [7, 11) is 4.52. The Balaban J connectivity index is 1.79. The summed E-state index contributed by atoms with van der Waals surface area (Å²) in [6.45, 7) is 0. The van der Waals surface area contributed by atoms with Gasteiger partial charge in [-0.15, -0.1) is 0 Å². The minimum atomic E-state index is -0.411. The Bertz CT molecular complexity index is 978. The highest BCUT2D eigenvalue weighted by molar-refractivity contribution is 5.90. The molecule has 0 atom stereocenters.